The maximum absolute atomic E-state index is 4.73. The van der Waals surface area contributed by atoms with Crippen molar-refractivity contribution in [2.24, 2.45) is 0 Å². The Morgan fingerprint density at radius 3 is 1.63 bits per heavy atom. The van der Waals surface area contributed by atoms with Gasteiger partial charge in [0, 0.05) is 5.56 Å². The first-order valence-corrected chi connectivity index (χ1v) is 14.1. The van der Waals surface area contributed by atoms with Crippen LogP contribution < -0.4 is 5.43 Å². The fraction of sp³-hybridized carbons (Fsp3) is 0.0571. The molecule has 0 bridgehead atoms. The van der Waals surface area contributed by atoms with Gasteiger partial charge in [-0.15, -0.1) is 15.3 Å². The summed E-state index contributed by atoms with van der Waals surface area (Å²) >= 11 is 0. The van der Waals surface area contributed by atoms with Crippen molar-refractivity contribution in [2.45, 2.75) is 12.1 Å². The van der Waals surface area contributed by atoms with E-state index in [0.29, 0.717) is 12.4 Å². The zero-order chi connectivity index (χ0) is 28.9. The van der Waals surface area contributed by atoms with Gasteiger partial charge in [0.25, 0.3) is 0 Å². The van der Waals surface area contributed by atoms with Crippen molar-refractivity contribution in [3.05, 3.63) is 174 Å². The second-order valence-electron chi connectivity index (χ2n) is 10.2. The monoisotopic (exact) mass is 560 g/mol. The normalized spacial score (nSPS) is 11.3. The average Bonchev–Trinajstić information content (AvgIpc) is 3.80. The summed E-state index contributed by atoms with van der Waals surface area (Å²) in [4.78, 5) is 0. The minimum atomic E-state index is -0.826. The van der Waals surface area contributed by atoms with Crippen molar-refractivity contribution in [2.75, 3.05) is 5.43 Å². The van der Waals surface area contributed by atoms with Crippen molar-refractivity contribution in [1.82, 2.24) is 35.1 Å². The molecule has 7 rings (SSSR count). The first kappa shape index (κ1) is 26.0. The summed E-state index contributed by atoms with van der Waals surface area (Å²) in [6, 6.07) is 48.1. The van der Waals surface area contributed by atoms with Gasteiger partial charge >= 0.3 is 0 Å². The van der Waals surface area contributed by atoms with Gasteiger partial charge in [0.15, 0.2) is 5.82 Å². The van der Waals surface area contributed by atoms with Gasteiger partial charge in [0.1, 0.15) is 18.2 Å². The highest BCUT2D eigenvalue weighted by Gasteiger charge is 2.42. The van der Waals surface area contributed by atoms with Crippen LogP contribution in [0, 0.1) is 0 Å². The Morgan fingerprint density at radius 2 is 1.07 bits per heavy atom. The van der Waals surface area contributed by atoms with E-state index in [1.54, 1.807) is 17.3 Å². The molecule has 8 nitrogen and oxygen atoms in total. The summed E-state index contributed by atoms with van der Waals surface area (Å²) < 4.78 is 3.71. The molecule has 0 saturated carbocycles. The number of tetrazole rings is 1. The maximum atomic E-state index is 4.73. The molecular formula is C35H28N8. The number of nitrogens with one attached hydrogen (secondary N) is 1. The third kappa shape index (κ3) is 4.85. The first-order valence-electron chi connectivity index (χ1n) is 14.1. The number of nitrogens with zero attached hydrogens (tertiary/aromatic N) is 7. The fourth-order valence-corrected chi connectivity index (χ4v) is 5.68. The molecule has 2 aromatic heterocycles. The lowest BCUT2D eigenvalue weighted by atomic mass is 9.77. The largest absolute Gasteiger partial charge is 0.319 e. The van der Waals surface area contributed by atoms with Crippen LogP contribution in [0.2, 0.25) is 0 Å². The fourth-order valence-electron chi connectivity index (χ4n) is 5.68. The lowest BCUT2D eigenvalue weighted by Crippen LogP contribution is -2.39. The molecule has 2 heterocycles. The van der Waals surface area contributed by atoms with E-state index < -0.39 is 5.54 Å². The number of hydrogen-bond acceptors (Lipinski definition) is 6. The molecule has 43 heavy (non-hydrogen) atoms. The first-order chi connectivity index (χ1) is 21.3. The van der Waals surface area contributed by atoms with Crippen molar-refractivity contribution >= 4 is 0 Å². The maximum Gasteiger partial charge on any atom is 0.184 e. The summed E-state index contributed by atoms with van der Waals surface area (Å²) in [6.07, 6.45) is 3.27. The lowest BCUT2D eigenvalue weighted by Gasteiger charge is -2.36. The summed E-state index contributed by atoms with van der Waals surface area (Å²) in [5.74, 6) is 0.672. The molecule has 1 N–H and O–H groups in total. The molecule has 0 aliphatic rings. The summed E-state index contributed by atoms with van der Waals surface area (Å²) in [6.45, 7) is 0.645. The molecule has 0 saturated heterocycles. The zero-order valence-corrected chi connectivity index (χ0v) is 23.3. The third-order valence-corrected chi connectivity index (χ3v) is 7.68. The number of hydrogen-bond donors (Lipinski definition) is 1. The average molecular weight is 561 g/mol. The molecule has 7 aromatic rings. The van der Waals surface area contributed by atoms with Gasteiger partial charge in [0.05, 0.1) is 6.54 Å². The van der Waals surface area contributed by atoms with E-state index in [4.69, 9.17) is 5.21 Å². The summed E-state index contributed by atoms with van der Waals surface area (Å²) in [7, 11) is 0. The second kappa shape index (κ2) is 11.5. The van der Waals surface area contributed by atoms with Gasteiger partial charge in [-0.05, 0) is 43.8 Å². The van der Waals surface area contributed by atoms with Gasteiger partial charge in [0.2, 0.25) is 0 Å². The van der Waals surface area contributed by atoms with Gasteiger partial charge in [-0.1, -0.05) is 140 Å². The van der Waals surface area contributed by atoms with Crippen LogP contribution in [0.3, 0.4) is 0 Å². The van der Waals surface area contributed by atoms with Crippen LogP contribution in [0.25, 0.3) is 22.5 Å². The molecule has 0 spiro atoms. The highest BCUT2D eigenvalue weighted by atomic mass is 15.6. The minimum Gasteiger partial charge on any atom is -0.319 e. The Bertz CT molecular complexity index is 1800. The Balaban J connectivity index is 1.38. The summed E-state index contributed by atoms with van der Waals surface area (Å²) in [5, 5.41) is 21.3. The van der Waals surface area contributed by atoms with Gasteiger partial charge in [-0.3, -0.25) is 0 Å². The van der Waals surface area contributed by atoms with Crippen LogP contribution >= 0.6 is 0 Å². The molecule has 0 aliphatic heterocycles. The highest BCUT2D eigenvalue weighted by molar-refractivity contribution is 5.81. The Hall–Kier alpha value is -5.89. The van der Waals surface area contributed by atoms with E-state index >= 15 is 0 Å². The molecule has 0 fully saturated rings. The van der Waals surface area contributed by atoms with Crippen molar-refractivity contribution in [3.63, 3.8) is 0 Å². The molecule has 5 aromatic carbocycles. The van der Waals surface area contributed by atoms with E-state index in [-0.39, 0.29) is 0 Å². The molecule has 0 aliphatic carbocycles. The highest BCUT2D eigenvalue weighted by Crippen LogP contribution is 2.43. The number of aromatic nitrogens is 7. The SMILES string of the molecule is c1ccc(C(c2ccccc2)(c2ccccc2)n2nnnc2-c2ccccc2-c2ccc(CNn3cnnc3)cc2)cc1. The quantitative estimate of drug-likeness (QED) is 0.212. The Morgan fingerprint density at radius 1 is 0.558 bits per heavy atom. The van der Waals surface area contributed by atoms with Crippen LogP contribution in [0.4, 0.5) is 0 Å². The van der Waals surface area contributed by atoms with Crippen molar-refractivity contribution < 1.29 is 0 Å². The van der Waals surface area contributed by atoms with E-state index in [1.165, 1.54) is 0 Å². The molecule has 208 valence electrons. The third-order valence-electron chi connectivity index (χ3n) is 7.68. The standard InChI is InChI=1S/C35H28N8/c1-4-12-29(13-5-1)35(30-14-6-2-7-15-30,31-16-8-3-9-17-31)43-34(39-40-41-43)33-19-11-10-18-32(33)28-22-20-27(21-23-28)24-38-42-25-36-37-26-42/h1-23,25-26,38H,24H2. The van der Waals surface area contributed by atoms with Crippen LogP contribution in [0.1, 0.15) is 22.3 Å². The molecule has 0 amide bonds. The van der Waals surface area contributed by atoms with Gasteiger partial charge < -0.3 is 5.43 Å². The van der Waals surface area contributed by atoms with Crippen molar-refractivity contribution in [1.29, 1.82) is 0 Å². The zero-order valence-electron chi connectivity index (χ0n) is 23.3. The van der Waals surface area contributed by atoms with Crippen LogP contribution in [-0.4, -0.2) is 35.1 Å². The minimum absolute atomic E-state index is 0.645. The number of benzene rings is 5. The summed E-state index contributed by atoms with van der Waals surface area (Å²) in [5.41, 5.74) is 9.81. The Labute approximate surface area is 249 Å². The predicted octanol–water partition coefficient (Wildman–Crippen LogP) is 6.18. The number of rotatable bonds is 9. The Kier molecular flexibility index (Phi) is 6.99. The van der Waals surface area contributed by atoms with Crippen LogP contribution in [-0.2, 0) is 12.1 Å². The van der Waals surface area contributed by atoms with Crippen LogP contribution in [0.5, 0.6) is 0 Å². The molecule has 0 radical (unpaired) electrons. The van der Waals surface area contributed by atoms with Gasteiger partial charge in [-0.25, -0.2) is 9.36 Å². The van der Waals surface area contributed by atoms with E-state index in [0.717, 1.165) is 38.9 Å². The van der Waals surface area contributed by atoms with E-state index in [2.05, 4.69) is 135 Å². The molecule has 8 heteroatoms. The molecule has 0 unspecified atom stereocenters. The predicted molar refractivity (Wildman–Crippen MR) is 166 cm³/mol. The smallest absolute Gasteiger partial charge is 0.184 e. The van der Waals surface area contributed by atoms with Gasteiger partial charge in [-0.2, -0.15) is 0 Å². The molecule has 0 atom stereocenters. The second-order valence-corrected chi connectivity index (χ2v) is 10.2. The lowest BCUT2D eigenvalue weighted by molar-refractivity contribution is 0.451. The van der Waals surface area contributed by atoms with E-state index in [1.807, 2.05) is 35.0 Å². The van der Waals surface area contributed by atoms with Crippen molar-refractivity contribution in [3.8, 4) is 22.5 Å². The van der Waals surface area contributed by atoms with Crippen LogP contribution in [0.15, 0.2) is 152 Å². The topological polar surface area (TPSA) is 86.3 Å². The molecular weight excluding hydrogens is 532 g/mol. The van der Waals surface area contributed by atoms with E-state index in [9.17, 15) is 0 Å².